The maximum absolute atomic E-state index is 14.6. The summed E-state index contributed by atoms with van der Waals surface area (Å²) in [5.41, 5.74) is 7.49. The first kappa shape index (κ1) is 36.0. The van der Waals surface area contributed by atoms with Gasteiger partial charge in [-0.05, 0) is 92.0 Å². The van der Waals surface area contributed by atoms with Crippen LogP contribution in [0.3, 0.4) is 0 Å². The first-order valence-corrected chi connectivity index (χ1v) is 18.0. The standard InChI is InChI=1S/C42H43Cl2N5O2/c1-5-49(28(3)31-17-19-33(43)20-18-31)41(27(2)30-12-7-6-8-13-30)39-36-22-21-34(44)24-38(36)46-40(39)42(51)47-37-16-10-9-14-32(37)25-48-23-11-15-35(26-48)45-29(4)50/h5-10,12-14,16-22,24,28,35,46H,1,11,15,23,25-26H2,2-4H3,(H,45,50)(H,47,51)/b41-27+. The van der Waals surface area contributed by atoms with E-state index in [-0.39, 0.29) is 23.9 Å². The minimum absolute atomic E-state index is 0.0153. The van der Waals surface area contributed by atoms with Crippen molar-refractivity contribution in [3.63, 3.8) is 0 Å². The van der Waals surface area contributed by atoms with Crippen molar-refractivity contribution in [2.45, 2.75) is 52.2 Å². The Labute approximate surface area is 309 Å². The average Bonchev–Trinajstić information content (AvgIpc) is 3.49. The van der Waals surface area contributed by atoms with Crippen LogP contribution in [0.5, 0.6) is 0 Å². The Kier molecular flexibility index (Phi) is 11.3. The number of carbonyl (C=O) groups excluding carboxylic acids is 2. The zero-order chi connectivity index (χ0) is 36.1. The number of nitrogens with one attached hydrogen (secondary N) is 3. The lowest BCUT2D eigenvalue weighted by molar-refractivity contribution is -0.120. The van der Waals surface area contributed by atoms with E-state index in [4.69, 9.17) is 23.2 Å². The minimum atomic E-state index is -0.277. The van der Waals surface area contributed by atoms with Crippen LogP contribution in [-0.4, -0.2) is 45.7 Å². The summed E-state index contributed by atoms with van der Waals surface area (Å²) in [5, 5.41) is 8.40. The highest BCUT2D eigenvalue weighted by molar-refractivity contribution is 6.31. The predicted octanol–water partition coefficient (Wildman–Crippen LogP) is 9.92. The fourth-order valence-corrected chi connectivity index (χ4v) is 7.37. The monoisotopic (exact) mass is 719 g/mol. The maximum atomic E-state index is 14.6. The van der Waals surface area contributed by atoms with Crippen molar-refractivity contribution in [1.82, 2.24) is 20.1 Å². The van der Waals surface area contributed by atoms with Gasteiger partial charge in [0, 0.05) is 58.3 Å². The maximum Gasteiger partial charge on any atom is 0.272 e. The molecule has 2 atom stereocenters. The van der Waals surface area contributed by atoms with E-state index in [1.165, 1.54) is 0 Å². The molecule has 1 fully saturated rings. The van der Waals surface area contributed by atoms with Gasteiger partial charge in [0.25, 0.3) is 5.91 Å². The Bertz CT molecular complexity index is 2070. The second-order valence-electron chi connectivity index (χ2n) is 13.1. The van der Waals surface area contributed by atoms with Crippen LogP contribution in [0, 0.1) is 0 Å². The Balaban J connectivity index is 1.44. The summed E-state index contributed by atoms with van der Waals surface area (Å²) >= 11 is 12.8. The van der Waals surface area contributed by atoms with Crippen LogP contribution in [0.4, 0.5) is 5.69 Å². The molecule has 2 unspecified atom stereocenters. The first-order chi connectivity index (χ1) is 24.6. The van der Waals surface area contributed by atoms with Gasteiger partial charge < -0.3 is 20.5 Å². The molecule has 0 saturated carbocycles. The van der Waals surface area contributed by atoms with Gasteiger partial charge in [-0.3, -0.25) is 14.5 Å². The Hall–Kier alpha value is -4.82. The number of benzene rings is 4. The van der Waals surface area contributed by atoms with Gasteiger partial charge in [-0.1, -0.05) is 96.5 Å². The number of aromatic nitrogens is 1. The molecule has 1 saturated heterocycles. The zero-order valence-corrected chi connectivity index (χ0v) is 30.7. The summed E-state index contributed by atoms with van der Waals surface area (Å²) in [5.74, 6) is -0.292. The molecule has 4 aromatic carbocycles. The van der Waals surface area contributed by atoms with Gasteiger partial charge in [-0.25, -0.2) is 0 Å². The molecule has 5 aromatic rings. The van der Waals surface area contributed by atoms with Crippen LogP contribution in [-0.2, 0) is 11.3 Å². The van der Waals surface area contributed by atoms with Crippen LogP contribution in [0.2, 0.25) is 10.0 Å². The molecule has 9 heteroatoms. The van der Waals surface area contributed by atoms with E-state index in [2.05, 4.69) is 58.0 Å². The number of hydrogen-bond acceptors (Lipinski definition) is 4. The molecule has 0 aliphatic carbocycles. The number of allylic oxidation sites excluding steroid dienone is 1. The van der Waals surface area contributed by atoms with Crippen molar-refractivity contribution in [3.8, 4) is 0 Å². The smallest absolute Gasteiger partial charge is 0.272 e. The summed E-state index contributed by atoms with van der Waals surface area (Å²) < 4.78 is 0. The molecule has 0 spiro atoms. The molecule has 1 aliphatic heterocycles. The predicted molar refractivity (Wildman–Crippen MR) is 211 cm³/mol. The molecule has 2 heterocycles. The number of halogens is 2. The summed E-state index contributed by atoms with van der Waals surface area (Å²) in [6.45, 7) is 12.3. The summed E-state index contributed by atoms with van der Waals surface area (Å²) in [7, 11) is 0. The first-order valence-electron chi connectivity index (χ1n) is 17.3. The number of fused-ring (bicyclic) bond motifs is 1. The molecule has 2 amide bonds. The molecule has 0 radical (unpaired) electrons. The number of anilines is 1. The van der Waals surface area contributed by atoms with Gasteiger partial charge in [-0.2, -0.15) is 0 Å². The number of hydrogen-bond donors (Lipinski definition) is 3. The zero-order valence-electron chi connectivity index (χ0n) is 29.2. The van der Waals surface area contributed by atoms with Crippen molar-refractivity contribution in [2.24, 2.45) is 0 Å². The number of carbonyl (C=O) groups is 2. The number of para-hydroxylation sites is 1. The van der Waals surface area contributed by atoms with Crippen molar-refractivity contribution in [2.75, 3.05) is 18.4 Å². The van der Waals surface area contributed by atoms with Crippen LogP contribution < -0.4 is 10.6 Å². The molecule has 262 valence electrons. The number of aromatic amines is 1. The van der Waals surface area contributed by atoms with Gasteiger partial charge in [0.15, 0.2) is 0 Å². The highest BCUT2D eigenvalue weighted by Gasteiger charge is 2.29. The second kappa shape index (κ2) is 16.0. The number of piperidine rings is 1. The van der Waals surface area contributed by atoms with Crippen molar-refractivity contribution >= 4 is 62.9 Å². The normalized spacial score (nSPS) is 15.9. The van der Waals surface area contributed by atoms with E-state index < -0.39 is 0 Å². The number of nitrogens with zero attached hydrogens (tertiary/aromatic N) is 2. The van der Waals surface area contributed by atoms with Crippen LogP contribution in [0.1, 0.15) is 72.4 Å². The van der Waals surface area contributed by atoms with E-state index in [0.29, 0.717) is 22.3 Å². The quantitative estimate of drug-likeness (QED) is 0.127. The Morgan fingerprint density at radius 1 is 0.980 bits per heavy atom. The Morgan fingerprint density at radius 3 is 2.41 bits per heavy atom. The third-order valence-corrected chi connectivity index (χ3v) is 10.1. The van der Waals surface area contributed by atoms with Crippen LogP contribution >= 0.6 is 23.2 Å². The minimum Gasteiger partial charge on any atom is -0.352 e. The van der Waals surface area contributed by atoms with Gasteiger partial charge in [0.1, 0.15) is 5.69 Å². The lowest BCUT2D eigenvalue weighted by Crippen LogP contribution is -2.46. The average molecular weight is 721 g/mol. The molecule has 0 bridgehead atoms. The SMILES string of the molecule is C=CN(/C(=C(\C)c1ccccc1)c1c(C(=O)Nc2ccccc2CN2CCCC(NC(C)=O)C2)[nH]c2cc(Cl)ccc12)C(C)c1ccc(Cl)cc1. The molecular weight excluding hydrogens is 677 g/mol. The summed E-state index contributed by atoms with van der Waals surface area (Å²) in [6.07, 6.45) is 3.77. The lowest BCUT2D eigenvalue weighted by atomic mass is 9.95. The summed E-state index contributed by atoms with van der Waals surface area (Å²) in [4.78, 5) is 34.3. The van der Waals surface area contributed by atoms with E-state index in [0.717, 1.165) is 76.0 Å². The number of rotatable bonds is 11. The molecule has 7 nitrogen and oxygen atoms in total. The van der Waals surface area contributed by atoms with E-state index >= 15 is 0 Å². The fraction of sp³-hybridized carbons (Fsp3) is 0.238. The number of amides is 2. The molecule has 51 heavy (non-hydrogen) atoms. The van der Waals surface area contributed by atoms with Gasteiger partial charge in [0.05, 0.1) is 11.7 Å². The molecule has 1 aliphatic rings. The highest BCUT2D eigenvalue weighted by atomic mass is 35.5. The van der Waals surface area contributed by atoms with Crippen molar-refractivity contribution in [1.29, 1.82) is 0 Å². The molecule has 3 N–H and O–H groups in total. The molecule has 1 aromatic heterocycles. The Morgan fingerprint density at radius 2 is 1.69 bits per heavy atom. The topological polar surface area (TPSA) is 80.5 Å². The lowest BCUT2D eigenvalue weighted by Gasteiger charge is -2.33. The van der Waals surface area contributed by atoms with E-state index in [1.807, 2.05) is 91.1 Å². The summed E-state index contributed by atoms with van der Waals surface area (Å²) in [6, 6.07) is 31.5. The van der Waals surface area contributed by atoms with Crippen LogP contribution in [0.15, 0.2) is 110 Å². The van der Waals surface area contributed by atoms with Gasteiger partial charge in [0.2, 0.25) is 5.91 Å². The highest BCUT2D eigenvalue weighted by Crippen LogP contribution is 2.41. The number of H-pyrrole nitrogens is 1. The third-order valence-electron chi connectivity index (χ3n) is 9.58. The molecule has 6 rings (SSSR count). The number of likely N-dealkylation sites (tertiary alicyclic amines) is 1. The van der Waals surface area contributed by atoms with Crippen molar-refractivity contribution < 1.29 is 9.59 Å². The van der Waals surface area contributed by atoms with Crippen LogP contribution in [0.25, 0.3) is 22.2 Å². The van der Waals surface area contributed by atoms with Gasteiger partial charge >= 0.3 is 0 Å². The third kappa shape index (κ3) is 8.23. The largest absolute Gasteiger partial charge is 0.352 e. The molecular formula is C42H43Cl2N5O2. The fourth-order valence-electron chi connectivity index (χ4n) is 7.08. The van der Waals surface area contributed by atoms with Crippen molar-refractivity contribution in [3.05, 3.63) is 148 Å². The van der Waals surface area contributed by atoms with E-state index in [9.17, 15) is 9.59 Å². The van der Waals surface area contributed by atoms with E-state index in [1.54, 1.807) is 6.92 Å². The van der Waals surface area contributed by atoms with Gasteiger partial charge in [-0.15, -0.1) is 0 Å². The second-order valence-corrected chi connectivity index (χ2v) is 14.0.